The predicted molar refractivity (Wildman–Crippen MR) is 93.1 cm³/mol. The van der Waals surface area contributed by atoms with E-state index >= 15 is 0 Å². The van der Waals surface area contributed by atoms with Gasteiger partial charge in [0.2, 0.25) is 0 Å². The van der Waals surface area contributed by atoms with Gasteiger partial charge < -0.3 is 15.0 Å². The lowest BCUT2D eigenvalue weighted by Crippen LogP contribution is -2.41. The first-order chi connectivity index (χ1) is 11.5. The van der Waals surface area contributed by atoms with Crippen molar-refractivity contribution in [1.29, 1.82) is 0 Å². The van der Waals surface area contributed by atoms with E-state index in [9.17, 15) is 9.59 Å². The van der Waals surface area contributed by atoms with Crippen LogP contribution in [0.5, 0.6) is 0 Å². The summed E-state index contributed by atoms with van der Waals surface area (Å²) in [7, 11) is 0. The molecule has 1 heterocycles. The molecule has 1 aliphatic rings. The summed E-state index contributed by atoms with van der Waals surface area (Å²) in [5.74, 6) is -1.46. The maximum absolute atomic E-state index is 11.6. The van der Waals surface area contributed by atoms with E-state index in [-0.39, 0.29) is 6.04 Å². The maximum Gasteiger partial charge on any atom is 0.329 e. The number of hydrogen-bond acceptors (Lipinski definition) is 5. The molecule has 0 aromatic heterocycles. The van der Waals surface area contributed by atoms with Gasteiger partial charge in [0.25, 0.3) is 0 Å². The number of nitrogens with one attached hydrogen (secondary N) is 2. The molecule has 1 aromatic carbocycles. The zero-order chi connectivity index (χ0) is 17.5. The SMILES string of the molecule is C/C(=N\NC(=O)C(=O)NC(C)C)c1ccc(N2CCOCC2)cc1. The van der Waals surface area contributed by atoms with E-state index in [1.165, 1.54) is 0 Å². The molecular formula is C17H24N4O3. The van der Waals surface area contributed by atoms with Crippen LogP contribution < -0.4 is 15.6 Å². The number of amides is 2. The minimum Gasteiger partial charge on any atom is -0.378 e. The fourth-order valence-electron chi connectivity index (χ4n) is 2.31. The summed E-state index contributed by atoms with van der Waals surface area (Å²) in [4.78, 5) is 25.4. The number of hydrogen-bond donors (Lipinski definition) is 2. The lowest BCUT2D eigenvalue weighted by molar-refractivity contribution is -0.139. The largest absolute Gasteiger partial charge is 0.378 e. The minimum atomic E-state index is -0.770. The molecule has 130 valence electrons. The number of morpholine rings is 1. The van der Waals surface area contributed by atoms with Gasteiger partial charge in [-0.25, -0.2) is 5.43 Å². The van der Waals surface area contributed by atoms with Crippen molar-refractivity contribution in [3.8, 4) is 0 Å². The van der Waals surface area contributed by atoms with Gasteiger partial charge in [0.05, 0.1) is 18.9 Å². The first-order valence-electron chi connectivity index (χ1n) is 8.05. The van der Waals surface area contributed by atoms with E-state index in [1.54, 1.807) is 20.8 Å². The molecule has 1 aliphatic heterocycles. The number of carbonyl (C=O) groups excluding carboxylic acids is 2. The molecule has 0 aliphatic carbocycles. The quantitative estimate of drug-likeness (QED) is 0.487. The van der Waals surface area contributed by atoms with E-state index in [2.05, 4.69) is 20.7 Å². The van der Waals surface area contributed by atoms with Crippen LogP contribution in [0, 0.1) is 0 Å². The molecule has 7 nitrogen and oxygen atoms in total. The van der Waals surface area contributed by atoms with Gasteiger partial charge in [-0.05, 0) is 38.5 Å². The second kappa shape index (κ2) is 8.44. The number of benzene rings is 1. The molecule has 0 bridgehead atoms. The van der Waals surface area contributed by atoms with Crippen molar-refractivity contribution in [2.24, 2.45) is 5.10 Å². The zero-order valence-electron chi connectivity index (χ0n) is 14.3. The molecule has 1 aromatic rings. The molecule has 0 saturated carbocycles. The molecule has 2 N–H and O–H groups in total. The average Bonchev–Trinajstić information content (AvgIpc) is 2.59. The Balaban J connectivity index is 1.95. The van der Waals surface area contributed by atoms with E-state index in [4.69, 9.17) is 4.74 Å². The van der Waals surface area contributed by atoms with Crippen molar-refractivity contribution in [1.82, 2.24) is 10.7 Å². The van der Waals surface area contributed by atoms with Crippen LogP contribution in [0.15, 0.2) is 29.4 Å². The summed E-state index contributed by atoms with van der Waals surface area (Å²) in [6, 6.07) is 7.84. The Kier molecular flexibility index (Phi) is 6.31. The Morgan fingerprint density at radius 3 is 2.33 bits per heavy atom. The van der Waals surface area contributed by atoms with Gasteiger partial charge in [0, 0.05) is 24.8 Å². The number of carbonyl (C=O) groups is 2. The number of anilines is 1. The van der Waals surface area contributed by atoms with E-state index < -0.39 is 11.8 Å². The molecule has 24 heavy (non-hydrogen) atoms. The van der Waals surface area contributed by atoms with Gasteiger partial charge in [0.1, 0.15) is 0 Å². The third-order valence-electron chi connectivity index (χ3n) is 3.61. The van der Waals surface area contributed by atoms with Crippen molar-refractivity contribution in [2.75, 3.05) is 31.2 Å². The third-order valence-corrected chi connectivity index (χ3v) is 3.61. The summed E-state index contributed by atoms with van der Waals surface area (Å²) in [5.41, 5.74) is 4.93. The predicted octanol–water partition coefficient (Wildman–Crippen LogP) is 0.888. The number of nitrogens with zero attached hydrogens (tertiary/aromatic N) is 2. The summed E-state index contributed by atoms with van der Waals surface area (Å²) < 4.78 is 5.35. The first kappa shape index (κ1) is 17.9. The molecule has 0 unspecified atom stereocenters. The topological polar surface area (TPSA) is 83.0 Å². The van der Waals surface area contributed by atoms with Crippen molar-refractivity contribution in [3.63, 3.8) is 0 Å². The maximum atomic E-state index is 11.6. The smallest absolute Gasteiger partial charge is 0.329 e. The minimum absolute atomic E-state index is 0.0962. The normalized spacial score (nSPS) is 15.3. The highest BCUT2D eigenvalue weighted by Gasteiger charge is 2.14. The Morgan fingerprint density at radius 1 is 1.12 bits per heavy atom. The van der Waals surface area contributed by atoms with Crippen molar-refractivity contribution in [2.45, 2.75) is 26.8 Å². The molecule has 7 heteroatoms. The molecule has 2 amide bonds. The van der Waals surface area contributed by atoms with Gasteiger partial charge in [0.15, 0.2) is 0 Å². The molecule has 0 atom stereocenters. The summed E-state index contributed by atoms with van der Waals surface area (Å²) in [6.45, 7) is 8.61. The van der Waals surface area contributed by atoms with Crippen LogP contribution in [0.1, 0.15) is 26.3 Å². The highest BCUT2D eigenvalue weighted by Crippen LogP contribution is 2.17. The zero-order valence-corrected chi connectivity index (χ0v) is 14.3. The van der Waals surface area contributed by atoms with Gasteiger partial charge in [-0.15, -0.1) is 0 Å². The Labute approximate surface area is 142 Å². The Bertz CT molecular complexity index is 605. The fraction of sp³-hybridized carbons (Fsp3) is 0.471. The highest BCUT2D eigenvalue weighted by atomic mass is 16.5. The fourth-order valence-corrected chi connectivity index (χ4v) is 2.31. The van der Waals surface area contributed by atoms with E-state index in [0.29, 0.717) is 5.71 Å². The van der Waals surface area contributed by atoms with Gasteiger partial charge in [-0.1, -0.05) is 12.1 Å². The van der Waals surface area contributed by atoms with Crippen LogP contribution in [0.25, 0.3) is 0 Å². The van der Waals surface area contributed by atoms with Crippen LogP contribution in [0.2, 0.25) is 0 Å². The molecule has 1 fully saturated rings. The van der Waals surface area contributed by atoms with E-state index in [0.717, 1.165) is 37.6 Å². The van der Waals surface area contributed by atoms with Crippen molar-refractivity contribution < 1.29 is 14.3 Å². The van der Waals surface area contributed by atoms with Crippen molar-refractivity contribution >= 4 is 23.2 Å². The molecule has 2 rings (SSSR count). The summed E-state index contributed by atoms with van der Waals surface area (Å²) in [6.07, 6.45) is 0. The lowest BCUT2D eigenvalue weighted by atomic mass is 10.1. The van der Waals surface area contributed by atoms with E-state index in [1.807, 2.05) is 24.3 Å². The van der Waals surface area contributed by atoms with Crippen LogP contribution in [-0.2, 0) is 14.3 Å². The summed E-state index contributed by atoms with van der Waals surface area (Å²) >= 11 is 0. The second-order valence-corrected chi connectivity index (χ2v) is 5.91. The highest BCUT2D eigenvalue weighted by molar-refractivity contribution is 6.35. The average molecular weight is 332 g/mol. The molecular weight excluding hydrogens is 308 g/mol. The van der Waals surface area contributed by atoms with Gasteiger partial charge in [-0.3, -0.25) is 9.59 Å². The van der Waals surface area contributed by atoms with Gasteiger partial charge in [-0.2, -0.15) is 5.10 Å². The lowest BCUT2D eigenvalue weighted by Gasteiger charge is -2.28. The van der Waals surface area contributed by atoms with Crippen molar-refractivity contribution in [3.05, 3.63) is 29.8 Å². The van der Waals surface area contributed by atoms with Crippen LogP contribution in [0.3, 0.4) is 0 Å². The van der Waals surface area contributed by atoms with Crippen LogP contribution >= 0.6 is 0 Å². The molecule has 0 radical (unpaired) electrons. The monoisotopic (exact) mass is 332 g/mol. The Morgan fingerprint density at radius 2 is 1.75 bits per heavy atom. The summed E-state index contributed by atoms with van der Waals surface area (Å²) in [5, 5.41) is 6.50. The molecule has 1 saturated heterocycles. The molecule has 0 spiro atoms. The number of rotatable bonds is 4. The third kappa shape index (κ3) is 5.06. The standard InChI is InChI=1S/C17H24N4O3/c1-12(2)18-16(22)17(23)20-19-13(3)14-4-6-15(7-5-14)21-8-10-24-11-9-21/h4-7,12H,8-11H2,1-3H3,(H,18,22)(H,20,23)/b19-13+. The Hall–Kier alpha value is -2.41. The van der Waals surface area contributed by atoms with Crippen LogP contribution in [0.4, 0.5) is 5.69 Å². The number of hydrazone groups is 1. The first-order valence-corrected chi connectivity index (χ1v) is 8.05. The second-order valence-electron chi connectivity index (χ2n) is 5.91. The van der Waals surface area contributed by atoms with Gasteiger partial charge >= 0.3 is 11.8 Å². The van der Waals surface area contributed by atoms with Crippen LogP contribution in [-0.4, -0.2) is 49.9 Å². The number of ether oxygens (including phenoxy) is 1.